The van der Waals surface area contributed by atoms with Crippen LogP contribution in [-0.2, 0) is 17.9 Å². The topological polar surface area (TPSA) is 69.3 Å². The van der Waals surface area contributed by atoms with Crippen LogP contribution in [0.3, 0.4) is 0 Å². The Hall–Kier alpha value is -2.35. The van der Waals surface area contributed by atoms with E-state index < -0.39 is 0 Å². The Labute approximate surface area is 195 Å². The highest BCUT2D eigenvalue weighted by atomic mass is 19.1. The first-order valence-electron chi connectivity index (χ1n) is 12.3. The largest absolute Gasteiger partial charge is 0.351 e. The number of carbonyl (C=O) groups excluding carboxylic acids is 1. The third-order valence-corrected chi connectivity index (χ3v) is 7.53. The maximum absolute atomic E-state index is 13.4. The van der Waals surface area contributed by atoms with Crippen molar-refractivity contribution in [3.8, 4) is 0 Å². The normalized spacial score (nSPS) is 27.8. The van der Waals surface area contributed by atoms with Crippen LogP contribution >= 0.6 is 0 Å². The zero-order chi connectivity index (χ0) is 22.6. The Kier molecular flexibility index (Phi) is 6.99. The second-order valence-corrected chi connectivity index (χ2v) is 9.86. The van der Waals surface area contributed by atoms with Crippen LogP contribution in [0.5, 0.6) is 0 Å². The molecule has 3 N–H and O–H groups in total. The summed E-state index contributed by atoms with van der Waals surface area (Å²) in [5, 5.41) is 2.98. The average Bonchev–Trinajstić information content (AvgIpc) is 3.27. The van der Waals surface area contributed by atoms with Gasteiger partial charge in [0.15, 0.2) is 0 Å². The van der Waals surface area contributed by atoms with Crippen molar-refractivity contribution in [2.24, 2.45) is 5.92 Å². The number of likely N-dealkylation sites (tertiary alicyclic amines) is 1. The van der Waals surface area contributed by atoms with E-state index in [-0.39, 0.29) is 23.7 Å². The molecule has 0 bridgehead atoms. The molecule has 1 aromatic heterocycles. The minimum Gasteiger partial charge on any atom is -0.351 e. The molecule has 2 aromatic rings. The first-order chi connectivity index (χ1) is 16.2. The van der Waals surface area contributed by atoms with E-state index in [1.54, 1.807) is 6.07 Å². The molecule has 5 rings (SSSR count). The third-order valence-electron chi connectivity index (χ3n) is 7.53. The van der Waals surface area contributed by atoms with Crippen LogP contribution in [0.2, 0.25) is 0 Å². The van der Waals surface area contributed by atoms with Crippen LogP contribution in [-0.4, -0.2) is 41.0 Å². The number of amides is 1. The Morgan fingerprint density at radius 2 is 1.97 bits per heavy atom. The molecule has 4 unspecified atom stereocenters. The number of piperidine rings is 1. The lowest BCUT2D eigenvalue weighted by atomic mass is 9.73. The van der Waals surface area contributed by atoms with Crippen LogP contribution in [0.1, 0.15) is 61.1 Å². The number of halogens is 1. The van der Waals surface area contributed by atoms with Crippen molar-refractivity contribution >= 4 is 5.91 Å². The lowest BCUT2D eigenvalue weighted by Crippen LogP contribution is -2.45. The number of nitrogens with one attached hydrogen (secondary N) is 3. The summed E-state index contributed by atoms with van der Waals surface area (Å²) >= 11 is 0. The summed E-state index contributed by atoms with van der Waals surface area (Å²) in [5.41, 5.74) is 9.93. The predicted octanol–water partition coefficient (Wildman–Crippen LogP) is 3.25. The van der Waals surface area contributed by atoms with E-state index in [0.717, 1.165) is 31.4 Å². The summed E-state index contributed by atoms with van der Waals surface area (Å²) in [4.78, 5) is 20.1. The molecule has 1 aliphatic carbocycles. The fourth-order valence-electron chi connectivity index (χ4n) is 5.76. The van der Waals surface area contributed by atoms with Gasteiger partial charge < -0.3 is 5.32 Å². The standard InChI is InChI=1S/C26H34FN5O/c27-22-6-4-5-18(12-22)15-29-26(33)25-23-13-20(7-8-24(23)30-31-25)21-11-19(14-28-16-21)17-32-9-2-1-3-10-32/h4-6,11-12,14,16,20,23-25,30-31H,1-3,7-10,13,15,17H2,(H,29,33). The van der Waals surface area contributed by atoms with Gasteiger partial charge in [0.2, 0.25) is 5.91 Å². The second kappa shape index (κ2) is 10.3. The number of benzene rings is 1. The predicted molar refractivity (Wildman–Crippen MR) is 126 cm³/mol. The van der Waals surface area contributed by atoms with E-state index in [1.165, 1.54) is 55.6 Å². The number of carbonyl (C=O) groups is 1. The molecule has 4 atom stereocenters. The van der Waals surface area contributed by atoms with Gasteiger partial charge in [0.05, 0.1) is 0 Å². The molecule has 2 aliphatic heterocycles. The molecular formula is C26H34FN5O. The molecule has 0 spiro atoms. The fraction of sp³-hybridized carbons (Fsp3) is 0.538. The van der Waals surface area contributed by atoms with E-state index in [1.807, 2.05) is 18.5 Å². The number of hydrazine groups is 1. The van der Waals surface area contributed by atoms with Crippen molar-refractivity contribution in [1.82, 2.24) is 26.1 Å². The fourth-order valence-corrected chi connectivity index (χ4v) is 5.76. The molecule has 3 aliphatic rings. The summed E-state index contributed by atoms with van der Waals surface area (Å²) in [5.74, 6) is 0.327. The first-order valence-corrected chi connectivity index (χ1v) is 12.3. The van der Waals surface area contributed by atoms with Gasteiger partial charge in [-0.05, 0) is 79.9 Å². The molecule has 1 amide bonds. The zero-order valence-corrected chi connectivity index (χ0v) is 19.1. The maximum Gasteiger partial charge on any atom is 0.239 e. The first kappa shape index (κ1) is 22.4. The Bertz CT molecular complexity index is 963. The van der Waals surface area contributed by atoms with Gasteiger partial charge in [0, 0.05) is 37.4 Å². The number of aromatic nitrogens is 1. The van der Waals surface area contributed by atoms with E-state index in [9.17, 15) is 9.18 Å². The Morgan fingerprint density at radius 1 is 1.09 bits per heavy atom. The highest BCUT2D eigenvalue weighted by Crippen LogP contribution is 2.39. The monoisotopic (exact) mass is 451 g/mol. The quantitative estimate of drug-likeness (QED) is 0.629. The van der Waals surface area contributed by atoms with Crippen LogP contribution in [0.4, 0.5) is 4.39 Å². The molecule has 176 valence electrons. The molecule has 2 saturated heterocycles. The van der Waals surface area contributed by atoms with E-state index >= 15 is 0 Å². The van der Waals surface area contributed by atoms with Gasteiger partial charge in [-0.25, -0.2) is 9.82 Å². The minimum atomic E-state index is -0.284. The van der Waals surface area contributed by atoms with Gasteiger partial charge in [0.25, 0.3) is 0 Å². The molecule has 1 aromatic carbocycles. The molecule has 3 heterocycles. The smallest absolute Gasteiger partial charge is 0.239 e. The maximum atomic E-state index is 13.4. The summed E-state index contributed by atoms with van der Waals surface area (Å²) in [6.45, 7) is 3.67. The summed E-state index contributed by atoms with van der Waals surface area (Å²) in [6.07, 6.45) is 11.0. The second-order valence-electron chi connectivity index (χ2n) is 9.86. The van der Waals surface area contributed by atoms with Gasteiger partial charge in [-0.15, -0.1) is 0 Å². The summed E-state index contributed by atoms with van der Waals surface area (Å²) in [6, 6.07) is 8.72. The van der Waals surface area contributed by atoms with Crippen molar-refractivity contribution in [2.75, 3.05) is 13.1 Å². The van der Waals surface area contributed by atoms with Crippen molar-refractivity contribution in [1.29, 1.82) is 0 Å². The van der Waals surface area contributed by atoms with Crippen molar-refractivity contribution in [2.45, 2.75) is 69.6 Å². The highest BCUT2D eigenvalue weighted by molar-refractivity contribution is 5.82. The number of rotatable bonds is 6. The number of fused-ring (bicyclic) bond motifs is 1. The zero-order valence-electron chi connectivity index (χ0n) is 19.1. The lowest BCUT2D eigenvalue weighted by Gasteiger charge is -2.33. The van der Waals surface area contributed by atoms with Gasteiger partial charge >= 0.3 is 0 Å². The van der Waals surface area contributed by atoms with Crippen molar-refractivity contribution in [3.63, 3.8) is 0 Å². The van der Waals surface area contributed by atoms with Crippen LogP contribution in [0.25, 0.3) is 0 Å². The van der Waals surface area contributed by atoms with Gasteiger partial charge in [0.1, 0.15) is 11.9 Å². The minimum absolute atomic E-state index is 0.0307. The number of hydrogen-bond donors (Lipinski definition) is 3. The SMILES string of the molecule is O=C(NCc1cccc(F)c1)C1NNC2CCC(c3cncc(CN4CCCCC4)c3)CC21. The van der Waals surface area contributed by atoms with Crippen LogP contribution in [0, 0.1) is 11.7 Å². The lowest BCUT2D eigenvalue weighted by molar-refractivity contribution is -0.124. The molecular weight excluding hydrogens is 417 g/mol. The Balaban J connectivity index is 1.21. The molecule has 33 heavy (non-hydrogen) atoms. The third kappa shape index (κ3) is 5.42. The molecule has 0 radical (unpaired) electrons. The van der Waals surface area contributed by atoms with E-state index in [2.05, 4.69) is 32.1 Å². The van der Waals surface area contributed by atoms with Crippen molar-refractivity contribution in [3.05, 3.63) is 65.2 Å². The van der Waals surface area contributed by atoms with Gasteiger partial charge in [-0.2, -0.15) is 0 Å². The molecule has 1 saturated carbocycles. The molecule has 7 heteroatoms. The number of pyridine rings is 1. The van der Waals surface area contributed by atoms with Gasteiger partial charge in [-0.1, -0.05) is 24.6 Å². The van der Waals surface area contributed by atoms with E-state index in [4.69, 9.17) is 0 Å². The Morgan fingerprint density at radius 3 is 2.82 bits per heavy atom. The molecule has 3 fully saturated rings. The highest BCUT2D eigenvalue weighted by Gasteiger charge is 2.43. The molecule has 6 nitrogen and oxygen atoms in total. The van der Waals surface area contributed by atoms with Crippen LogP contribution in [0.15, 0.2) is 42.7 Å². The number of nitrogens with zero attached hydrogens (tertiary/aromatic N) is 2. The van der Waals surface area contributed by atoms with Crippen molar-refractivity contribution < 1.29 is 9.18 Å². The average molecular weight is 452 g/mol. The summed E-state index contributed by atoms with van der Waals surface area (Å²) in [7, 11) is 0. The van der Waals surface area contributed by atoms with Gasteiger partial charge in [-0.3, -0.25) is 20.1 Å². The number of hydrogen-bond acceptors (Lipinski definition) is 5. The van der Waals surface area contributed by atoms with Crippen LogP contribution < -0.4 is 16.2 Å². The summed E-state index contributed by atoms with van der Waals surface area (Å²) < 4.78 is 13.4. The van der Waals surface area contributed by atoms with E-state index in [0.29, 0.717) is 18.5 Å².